The van der Waals surface area contributed by atoms with Crippen LogP contribution in [0.1, 0.15) is 114 Å². The SMILES string of the molecule is CCC.CCCCOC.NC1CCC(C(=O)N2CCc3ncc(C4CCCCC4)cc3C2)C1. The Hall–Kier alpha value is -1.46. The van der Waals surface area contributed by atoms with Gasteiger partial charge >= 0.3 is 0 Å². The maximum atomic E-state index is 12.8. The van der Waals surface area contributed by atoms with Gasteiger partial charge in [-0.25, -0.2) is 0 Å². The Morgan fingerprint density at radius 2 is 1.88 bits per heavy atom. The van der Waals surface area contributed by atoms with E-state index in [2.05, 4.69) is 37.9 Å². The highest BCUT2D eigenvalue weighted by Crippen LogP contribution is 2.34. The first-order valence-corrected chi connectivity index (χ1v) is 13.5. The second kappa shape index (κ2) is 15.4. The molecule has 1 aromatic heterocycles. The summed E-state index contributed by atoms with van der Waals surface area (Å²) in [7, 11) is 1.73. The van der Waals surface area contributed by atoms with Gasteiger partial charge in [-0.1, -0.05) is 58.9 Å². The van der Waals surface area contributed by atoms with Gasteiger partial charge in [0, 0.05) is 57.1 Å². The average molecular weight is 460 g/mol. The summed E-state index contributed by atoms with van der Waals surface area (Å²) in [6.07, 6.45) is 16.1. The standard InChI is InChI=1S/C20H29N3O.C5H12O.C3H8/c21-18-7-6-15(11-18)20(24)23-9-8-19-17(13-23)10-16(12-22-19)14-4-2-1-3-5-14;1-3-4-5-6-2;1-3-2/h10,12,14-15,18H,1-9,11,13,21H2;3-5H2,1-2H3;3H2,1-2H3. The van der Waals surface area contributed by atoms with Gasteiger partial charge in [-0.2, -0.15) is 0 Å². The molecule has 0 bridgehead atoms. The number of hydrogen-bond acceptors (Lipinski definition) is 4. The van der Waals surface area contributed by atoms with Gasteiger partial charge < -0.3 is 15.4 Å². The molecule has 1 aliphatic heterocycles. The van der Waals surface area contributed by atoms with Gasteiger partial charge in [-0.05, 0) is 55.6 Å². The number of aromatic nitrogens is 1. The molecule has 5 nitrogen and oxygen atoms in total. The molecule has 3 aliphatic rings. The molecule has 2 atom stereocenters. The summed E-state index contributed by atoms with van der Waals surface area (Å²) in [5, 5.41) is 0. The zero-order valence-electron chi connectivity index (χ0n) is 21.8. The zero-order valence-corrected chi connectivity index (χ0v) is 21.8. The number of amides is 1. The number of carbonyl (C=O) groups excluding carboxylic acids is 1. The molecule has 2 aliphatic carbocycles. The molecule has 5 heteroatoms. The van der Waals surface area contributed by atoms with Gasteiger partial charge in [-0.3, -0.25) is 9.78 Å². The van der Waals surface area contributed by atoms with E-state index in [1.54, 1.807) is 7.11 Å². The van der Waals surface area contributed by atoms with E-state index in [1.807, 2.05) is 0 Å². The third-order valence-electron chi connectivity index (χ3n) is 6.97. The number of fused-ring (bicyclic) bond motifs is 1. The Morgan fingerprint density at radius 3 is 2.45 bits per heavy atom. The van der Waals surface area contributed by atoms with Crippen molar-refractivity contribution in [1.29, 1.82) is 0 Å². The lowest BCUT2D eigenvalue weighted by Gasteiger charge is -2.31. The summed E-state index contributed by atoms with van der Waals surface area (Å²) >= 11 is 0. The maximum absolute atomic E-state index is 12.8. The first kappa shape index (κ1) is 27.8. The first-order valence-electron chi connectivity index (χ1n) is 13.5. The molecule has 2 fully saturated rings. The molecule has 33 heavy (non-hydrogen) atoms. The number of methoxy groups -OCH3 is 1. The summed E-state index contributed by atoms with van der Waals surface area (Å²) in [5.41, 5.74) is 9.86. The van der Waals surface area contributed by atoms with Crippen molar-refractivity contribution in [1.82, 2.24) is 9.88 Å². The van der Waals surface area contributed by atoms with Crippen LogP contribution in [-0.4, -0.2) is 42.1 Å². The van der Waals surface area contributed by atoms with Crippen LogP contribution in [0.4, 0.5) is 0 Å². The van der Waals surface area contributed by atoms with Gasteiger partial charge in [0.15, 0.2) is 0 Å². The van der Waals surface area contributed by atoms with Crippen molar-refractivity contribution in [3.63, 3.8) is 0 Å². The number of nitrogens with two attached hydrogens (primary N) is 1. The minimum Gasteiger partial charge on any atom is -0.385 e. The Bertz CT molecular complexity index is 684. The number of pyridine rings is 1. The number of carbonyl (C=O) groups is 1. The number of ether oxygens (including phenoxy) is 1. The lowest BCUT2D eigenvalue weighted by atomic mass is 9.84. The van der Waals surface area contributed by atoms with Gasteiger partial charge in [0.25, 0.3) is 0 Å². The topological polar surface area (TPSA) is 68.5 Å². The molecular formula is C28H49N3O2. The van der Waals surface area contributed by atoms with Crippen molar-refractivity contribution in [3.8, 4) is 0 Å². The Morgan fingerprint density at radius 1 is 1.15 bits per heavy atom. The number of nitrogens with zero attached hydrogens (tertiary/aromatic N) is 2. The zero-order chi connectivity index (χ0) is 24.1. The van der Waals surface area contributed by atoms with E-state index in [4.69, 9.17) is 15.5 Å². The van der Waals surface area contributed by atoms with Crippen LogP contribution in [0.3, 0.4) is 0 Å². The summed E-state index contributed by atoms with van der Waals surface area (Å²) in [5.74, 6) is 1.14. The largest absolute Gasteiger partial charge is 0.385 e. The van der Waals surface area contributed by atoms with Gasteiger partial charge in [0.2, 0.25) is 5.91 Å². The molecule has 2 unspecified atom stereocenters. The smallest absolute Gasteiger partial charge is 0.226 e. The average Bonchev–Trinajstić information content (AvgIpc) is 3.29. The predicted octanol–water partition coefficient (Wildman–Crippen LogP) is 5.99. The molecule has 1 amide bonds. The lowest BCUT2D eigenvalue weighted by Crippen LogP contribution is -2.39. The second-order valence-electron chi connectivity index (χ2n) is 10.0. The fourth-order valence-electron chi connectivity index (χ4n) is 5.08. The summed E-state index contributed by atoms with van der Waals surface area (Å²) in [6.45, 7) is 8.87. The van der Waals surface area contributed by atoms with Crippen LogP contribution in [0.25, 0.3) is 0 Å². The Balaban J connectivity index is 0.000000369. The molecule has 0 radical (unpaired) electrons. The van der Waals surface area contributed by atoms with Gasteiger partial charge in [0.05, 0.1) is 0 Å². The molecule has 2 heterocycles. The van der Waals surface area contributed by atoms with Gasteiger partial charge in [0.1, 0.15) is 0 Å². The van der Waals surface area contributed by atoms with Gasteiger partial charge in [-0.15, -0.1) is 0 Å². The molecular weight excluding hydrogens is 410 g/mol. The van der Waals surface area contributed by atoms with Crippen molar-refractivity contribution >= 4 is 5.91 Å². The van der Waals surface area contributed by atoms with Crippen molar-refractivity contribution in [2.45, 2.75) is 116 Å². The summed E-state index contributed by atoms with van der Waals surface area (Å²) in [4.78, 5) is 19.6. The van der Waals surface area contributed by atoms with Crippen LogP contribution in [0.2, 0.25) is 0 Å². The molecule has 2 saturated carbocycles. The van der Waals surface area contributed by atoms with Crippen LogP contribution in [0, 0.1) is 5.92 Å². The van der Waals surface area contributed by atoms with Crippen molar-refractivity contribution in [2.75, 3.05) is 20.3 Å². The number of hydrogen-bond donors (Lipinski definition) is 1. The van der Waals surface area contributed by atoms with Crippen molar-refractivity contribution in [3.05, 3.63) is 29.1 Å². The molecule has 1 aromatic rings. The number of rotatable bonds is 5. The van der Waals surface area contributed by atoms with E-state index in [0.717, 1.165) is 45.4 Å². The minimum atomic E-state index is 0.149. The molecule has 0 saturated heterocycles. The Kier molecular flexibility index (Phi) is 13.0. The van der Waals surface area contributed by atoms with E-state index in [0.29, 0.717) is 11.8 Å². The van der Waals surface area contributed by atoms with Crippen LogP contribution in [-0.2, 0) is 22.5 Å². The predicted molar refractivity (Wildman–Crippen MR) is 137 cm³/mol. The molecule has 2 N–H and O–H groups in total. The normalized spacial score (nSPS) is 22.5. The van der Waals surface area contributed by atoms with Crippen LogP contribution in [0.15, 0.2) is 12.3 Å². The molecule has 0 spiro atoms. The monoisotopic (exact) mass is 459 g/mol. The fraction of sp³-hybridized carbons (Fsp3) is 0.786. The van der Waals surface area contributed by atoms with E-state index in [-0.39, 0.29) is 12.0 Å². The highest BCUT2D eigenvalue weighted by atomic mass is 16.5. The second-order valence-corrected chi connectivity index (χ2v) is 10.0. The minimum absolute atomic E-state index is 0.149. The van der Waals surface area contributed by atoms with Crippen LogP contribution < -0.4 is 5.73 Å². The molecule has 188 valence electrons. The van der Waals surface area contributed by atoms with E-state index >= 15 is 0 Å². The highest BCUT2D eigenvalue weighted by molar-refractivity contribution is 5.79. The van der Waals surface area contributed by atoms with Crippen molar-refractivity contribution < 1.29 is 9.53 Å². The molecule has 0 aromatic carbocycles. The summed E-state index contributed by atoms with van der Waals surface area (Å²) in [6, 6.07) is 2.56. The first-order chi connectivity index (χ1) is 16.0. The van der Waals surface area contributed by atoms with Crippen LogP contribution in [0.5, 0.6) is 0 Å². The highest BCUT2D eigenvalue weighted by Gasteiger charge is 2.32. The maximum Gasteiger partial charge on any atom is 0.226 e. The summed E-state index contributed by atoms with van der Waals surface area (Å²) < 4.78 is 4.78. The molecule has 4 rings (SSSR count). The van der Waals surface area contributed by atoms with E-state index in [1.165, 1.54) is 68.2 Å². The lowest BCUT2D eigenvalue weighted by molar-refractivity contribution is -0.136. The fourth-order valence-corrected chi connectivity index (χ4v) is 5.08. The number of unbranched alkanes of at least 4 members (excludes halogenated alkanes) is 1. The Labute approximate surface area is 202 Å². The third kappa shape index (κ3) is 9.01. The van der Waals surface area contributed by atoms with E-state index in [9.17, 15) is 4.79 Å². The van der Waals surface area contributed by atoms with Crippen molar-refractivity contribution in [2.24, 2.45) is 11.7 Å². The van der Waals surface area contributed by atoms with E-state index < -0.39 is 0 Å². The third-order valence-corrected chi connectivity index (χ3v) is 6.97. The quantitative estimate of drug-likeness (QED) is 0.549. The van der Waals surface area contributed by atoms with Crippen LogP contribution >= 0.6 is 0 Å².